The van der Waals surface area contributed by atoms with Crippen LogP contribution in [0.3, 0.4) is 0 Å². The van der Waals surface area contributed by atoms with Crippen LogP contribution in [-0.4, -0.2) is 17.2 Å². The molecular weight excluding hydrogens is 338 g/mol. The van der Waals surface area contributed by atoms with E-state index in [-0.39, 0.29) is 5.78 Å². The molecule has 5 heteroatoms. The first-order chi connectivity index (χ1) is 9.70. The highest BCUT2D eigenvalue weighted by Gasteiger charge is 2.33. The molecule has 0 radical (unpaired) electrons. The molecule has 1 saturated carbocycles. The number of thioether (sulfide) groups is 1. The molecule has 1 aliphatic rings. The Bertz CT molecular complexity index is 649. The second kappa shape index (κ2) is 5.74. The average molecular weight is 352 g/mol. The molecule has 1 fully saturated rings. The number of carbonyl (C=O) groups is 1. The van der Waals surface area contributed by atoms with E-state index in [0.29, 0.717) is 17.0 Å². The van der Waals surface area contributed by atoms with Crippen LogP contribution in [0, 0.1) is 0 Å². The highest BCUT2D eigenvalue weighted by atomic mass is 79.9. The number of halogens is 1. The molecular formula is C15H14BrNO2S. The smallest absolute Gasteiger partial charge is 0.199 e. The molecule has 0 aliphatic heterocycles. The number of hydrogen-bond acceptors (Lipinski definition) is 4. The Kier molecular flexibility index (Phi) is 3.98. The molecule has 1 aromatic heterocycles. The fraction of sp³-hybridized carbons (Fsp3) is 0.333. The fourth-order valence-electron chi connectivity index (χ4n) is 2.20. The van der Waals surface area contributed by atoms with Crippen LogP contribution >= 0.6 is 27.7 Å². The van der Waals surface area contributed by atoms with Crippen LogP contribution in [0.4, 0.5) is 0 Å². The molecule has 0 saturated heterocycles. The van der Waals surface area contributed by atoms with Crippen molar-refractivity contribution in [1.82, 2.24) is 5.16 Å². The third kappa shape index (κ3) is 2.69. The average Bonchev–Trinajstić information content (AvgIpc) is 3.16. The molecule has 20 heavy (non-hydrogen) atoms. The van der Waals surface area contributed by atoms with Crippen LogP contribution in [-0.2, 0) is 5.75 Å². The first kappa shape index (κ1) is 13.9. The first-order valence-corrected chi connectivity index (χ1v) is 8.66. The van der Waals surface area contributed by atoms with Crippen molar-refractivity contribution in [2.75, 3.05) is 6.26 Å². The summed E-state index contributed by atoms with van der Waals surface area (Å²) in [5.41, 5.74) is 2.47. The standard InChI is InChI=1S/C15H14BrNO2S/c1-20-8-9-2-5-11(13(16)6-9)14(18)12-7-17-19-15(12)10-3-4-10/h2,5-7,10H,3-4,8H2,1H3. The lowest BCUT2D eigenvalue weighted by Gasteiger charge is -2.06. The van der Waals surface area contributed by atoms with Gasteiger partial charge in [-0.05, 0) is 36.8 Å². The van der Waals surface area contributed by atoms with Gasteiger partial charge in [0.25, 0.3) is 0 Å². The monoisotopic (exact) mass is 351 g/mol. The van der Waals surface area contributed by atoms with Gasteiger partial charge in [-0.1, -0.05) is 27.2 Å². The van der Waals surface area contributed by atoms with Gasteiger partial charge in [0.2, 0.25) is 0 Å². The van der Waals surface area contributed by atoms with Crippen molar-refractivity contribution in [2.45, 2.75) is 24.5 Å². The molecule has 3 nitrogen and oxygen atoms in total. The van der Waals surface area contributed by atoms with Crippen molar-refractivity contribution in [1.29, 1.82) is 0 Å². The summed E-state index contributed by atoms with van der Waals surface area (Å²) in [5, 5.41) is 3.79. The van der Waals surface area contributed by atoms with E-state index in [1.165, 1.54) is 11.8 Å². The molecule has 3 rings (SSSR count). The maximum atomic E-state index is 12.6. The predicted octanol–water partition coefficient (Wildman–Crippen LogP) is 4.41. The van der Waals surface area contributed by atoms with Gasteiger partial charge < -0.3 is 4.52 Å². The van der Waals surface area contributed by atoms with Gasteiger partial charge in [0.15, 0.2) is 11.5 Å². The SMILES string of the molecule is CSCc1ccc(C(=O)c2cnoc2C2CC2)c(Br)c1. The third-order valence-corrected chi connectivity index (χ3v) is 4.66. The van der Waals surface area contributed by atoms with E-state index in [4.69, 9.17) is 4.52 Å². The third-order valence-electron chi connectivity index (χ3n) is 3.38. The lowest BCUT2D eigenvalue weighted by molar-refractivity contribution is 0.103. The van der Waals surface area contributed by atoms with E-state index in [0.717, 1.165) is 28.8 Å². The van der Waals surface area contributed by atoms with Crippen LogP contribution in [0.25, 0.3) is 0 Å². The molecule has 1 aromatic carbocycles. The Balaban J connectivity index is 1.91. The van der Waals surface area contributed by atoms with E-state index in [1.807, 2.05) is 18.2 Å². The summed E-state index contributed by atoms with van der Waals surface area (Å²) in [6, 6.07) is 5.88. The number of rotatable bonds is 5. The number of nitrogens with zero attached hydrogens (tertiary/aromatic N) is 1. The lowest BCUT2D eigenvalue weighted by Crippen LogP contribution is -2.04. The van der Waals surface area contributed by atoms with E-state index < -0.39 is 0 Å². The lowest BCUT2D eigenvalue weighted by atomic mass is 10.0. The summed E-state index contributed by atoms with van der Waals surface area (Å²) in [7, 11) is 0. The van der Waals surface area contributed by atoms with Gasteiger partial charge in [-0.3, -0.25) is 4.79 Å². The van der Waals surface area contributed by atoms with E-state index in [2.05, 4.69) is 27.3 Å². The molecule has 1 heterocycles. The molecule has 0 unspecified atom stereocenters. The summed E-state index contributed by atoms with van der Waals surface area (Å²) in [4.78, 5) is 12.6. The summed E-state index contributed by atoms with van der Waals surface area (Å²) >= 11 is 5.26. The quantitative estimate of drug-likeness (QED) is 0.748. The number of carbonyl (C=O) groups excluding carboxylic acids is 1. The summed E-state index contributed by atoms with van der Waals surface area (Å²) < 4.78 is 6.07. The Labute approximate surface area is 130 Å². The van der Waals surface area contributed by atoms with Crippen molar-refractivity contribution in [3.63, 3.8) is 0 Å². The Morgan fingerprint density at radius 1 is 1.45 bits per heavy atom. The zero-order valence-electron chi connectivity index (χ0n) is 11.1. The summed E-state index contributed by atoms with van der Waals surface area (Å²) in [6.45, 7) is 0. The van der Waals surface area contributed by atoms with Crippen LogP contribution in [0.15, 0.2) is 33.4 Å². The Morgan fingerprint density at radius 3 is 2.90 bits per heavy atom. The van der Waals surface area contributed by atoms with Crippen LogP contribution in [0.1, 0.15) is 46.0 Å². The van der Waals surface area contributed by atoms with E-state index in [9.17, 15) is 4.79 Å². The largest absolute Gasteiger partial charge is 0.360 e. The van der Waals surface area contributed by atoms with Crippen molar-refractivity contribution >= 4 is 33.5 Å². The molecule has 2 aromatic rings. The van der Waals surface area contributed by atoms with Gasteiger partial charge in [0, 0.05) is 21.7 Å². The van der Waals surface area contributed by atoms with E-state index >= 15 is 0 Å². The maximum absolute atomic E-state index is 12.6. The molecule has 0 N–H and O–H groups in total. The van der Waals surface area contributed by atoms with Crippen LogP contribution < -0.4 is 0 Å². The van der Waals surface area contributed by atoms with Crippen molar-refractivity contribution in [3.05, 3.63) is 51.3 Å². The topological polar surface area (TPSA) is 43.1 Å². The molecule has 0 spiro atoms. The minimum absolute atomic E-state index is 0.0178. The van der Waals surface area contributed by atoms with Gasteiger partial charge in [0.05, 0.1) is 11.8 Å². The minimum Gasteiger partial charge on any atom is -0.360 e. The number of aromatic nitrogens is 1. The Hall–Kier alpha value is -1.07. The highest BCUT2D eigenvalue weighted by molar-refractivity contribution is 9.10. The minimum atomic E-state index is -0.0178. The number of benzene rings is 1. The van der Waals surface area contributed by atoms with Gasteiger partial charge in [-0.15, -0.1) is 0 Å². The predicted molar refractivity (Wildman–Crippen MR) is 83.3 cm³/mol. The molecule has 104 valence electrons. The van der Waals surface area contributed by atoms with Crippen molar-refractivity contribution < 1.29 is 9.32 Å². The van der Waals surface area contributed by atoms with E-state index in [1.54, 1.807) is 11.8 Å². The molecule has 0 atom stereocenters. The Morgan fingerprint density at radius 2 is 2.25 bits per heavy atom. The second-order valence-electron chi connectivity index (χ2n) is 4.95. The number of hydrogen-bond donors (Lipinski definition) is 0. The second-order valence-corrected chi connectivity index (χ2v) is 6.67. The fourth-order valence-corrected chi connectivity index (χ4v) is 3.32. The normalized spacial score (nSPS) is 14.5. The molecule has 1 aliphatic carbocycles. The van der Waals surface area contributed by atoms with Crippen molar-refractivity contribution in [2.24, 2.45) is 0 Å². The number of ketones is 1. The highest BCUT2D eigenvalue weighted by Crippen LogP contribution is 2.42. The zero-order chi connectivity index (χ0) is 14.1. The van der Waals surface area contributed by atoms with Gasteiger partial charge in [-0.2, -0.15) is 11.8 Å². The van der Waals surface area contributed by atoms with Gasteiger partial charge in [0.1, 0.15) is 0 Å². The van der Waals surface area contributed by atoms with Crippen molar-refractivity contribution in [3.8, 4) is 0 Å². The van der Waals surface area contributed by atoms with Gasteiger partial charge >= 0.3 is 0 Å². The van der Waals surface area contributed by atoms with Gasteiger partial charge in [-0.25, -0.2) is 0 Å². The maximum Gasteiger partial charge on any atom is 0.199 e. The first-order valence-electron chi connectivity index (χ1n) is 6.47. The summed E-state index contributed by atoms with van der Waals surface area (Å²) in [5.74, 6) is 2.05. The van der Waals surface area contributed by atoms with Crippen LogP contribution in [0.2, 0.25) is 0 Å². The summed E-state index contributed by atoms with van der Waals surface area (Å²) in [6.07, 6.45) is 5.77. The van der Waals surface area contributed by atoms with Crippen LogP contribution in [0.5, 0.6) is 0 Å². The zero-order valence-corrected chi connectivity index (χ0v) is 13.5. The molecule has 0 amide bonds. The molecule has 0 bridgehead atoms.